The lowest BCUT2D eigenvalue weighted by Crippen LogP contribution is -2.37. The summed E-state index contributed by atoms with van der Waals surface area (Å²) >= 11 is 0. The fraction of sp³-hybridized carbons (Fsp3) is 0.889. The first-order valence-corrected chi connectivity index (χ1v) is 13.3. The molecule has 0 fully saturated rings. The first kappa shape index (κ1) is 26.2. The molecule has 0 aliphatic carbocycles. The summed E-state index contributed by atoms with van der Waals surface area (Å²) in [5.41, 5.74) is 0. The van der Waals surface area contributed by atoms with Gasteiger partial charge in [0.15, 0.2) is 0 Å². The molecular formula is C27H53N2+. The number of hydrogen-bond acceptors (Lipinski definition) is 0. The molecule has 0 spiro atoms. The van der Waals surface area contributed by atoms with Gasteiger partial charge in [0.25, 0.3) is 5.82 Å². The quantitative estimate of drug-likeness (QED) is 0.152. The first-order chi connectivity index (χ1) is 14.2. The molecule has 0 saturated heterocycles. The van der Waals surface area contributed by atoms with Crippen LogP contribution in [0, 0.1) is 0 Å². The lowest BCUT2D eigenvalue weighted by molar-refractivity contribution is -0.704. The van der Waals surface area contributed by atoms with Crippen molar-refractivity contribution >= 4 is 0 Å². The first-order valence-electron chi connectivity index (χ1n) is 13.3. The normalized spacial score (nSPS) is 11.6. The van der Waals surface area contributed by atoms with Gasteiger partial charge < -0.3 is 0 Å². The molecular weight excluding hydrogens is 352 g/mol. The Labute approximate surface area is 183 Å². The molecule has 0 aromatic carbocycles. The molecule has 0 amide bonds. The maximum absolute atomic E-state index is 2.55. The molecule has 0 radical (unpaired) electrons. The minimum absolute atomic E-state index is 0.573. The van der Waals surface area contributed by atoms with Gasteiger partial charge in [-0.1, -0.05) is 104 Å². The van der Waals surface area contributed by atoms with Crippen LogP contribution >= 0.6 is 0 Å². The summed E-state index contributed by atoms with van der Waals surface area (Å²) in [5.74, 6) is 1.55. The Kier molecular flexibility index (Phi) is 16.3. The molecule has 2 nitrogen and oxygen atoms in total. The number of rotatable bonds is 20. The summed E-state index contributed by atoms with van der Waals surface area (Å²) in [4.78, 5) is 0. The van der Waals surface area contributed by atoms with Gasteiger partial charge in [-0.05, 0) is 33.1 Å². The molecule has 170 valence electrons. The molecule has 0 unspecified atom stereocenters. The van der Waals surface area contributed by atoms with Crippen molar-refractivity contribution < 1.29 is 4.57 Å². The predicted octanol–water partition coefficient (Wildman–Crippen LogP) is 8.57. The van der Waals surface area contributed by atoms with Crippen LogP contribution in [0.15, 0.2) is 12.4 Å². The van der Waals surface area contributed by atoms with Crippen LogP contribution in [-0.4, -0.2) is 4.57 Å². The maximum Gasteiger partial charge on any atom is 0.256 e. The van der Waals surface area contributed by atoms with Crippen LogP contribution in [0.25, 0.3) is 0 Å². The van der Waals surface area contributed by atoms with Gasteiger partial charge in [0.2, 0.25) is 0 Å². The summed E-state index contributed by atoms with van der Waals surface area (Å²) < 4.78 is 5.04. The third-order valence-electron chi connectivity index (χ3n) is 6.35. The monoisotopic (exact) mass is 405 g/mol. The third kappa shape index (κ3) is 12.5. The summed E-state index contributed by atoms with van der Waals surface area (Å²) in [6, 6.07) is 0.573. The van der Waals surface area contributed by atoms with Crippen LogP contribution in [0.4, 0.5) is 0 Å². The number of imidazole rings is 1. The van der Waals surface area contributed by atoms with Crippen molar-refractivity contribution in [2.45, 2.75) is 156 Å². The number of nitrogens with zero attached hydrogens (tertiary/aromatic N) is 2. The van der Waals surface area contributed by atoms with Crippen LogP contribution in [0.2, 0.25) is 0 Å². The summed E-state index contributed by atoms with van der Waals surface area (Å²) in [5, 5.41) is 0. The highest BCUT2D eigenvalue weighted by molar-refractivity contribution is 4.86. The van der Waals surface area contributed by atoms with Crippen molar-refractivity contribution in [3.8, 4) is 0 Å². The Morgan fingerprint density at radius 2 is 1.10 bits per heavy atom. The molecule has 0 saturated carbocycles. The van der Waals surface area contributed by atoms with Gasteiger partial charge in [0.05, 0.1) is 12.6 Å². The number of aromatic nitrogens is 2. The Balaban J connectivity index is 2.11. The van der Waals surface area contributed by atoms with E-state index in [2.05, 4.69) is 49.2 Å². The molecule has 0 N–H and O–H groups in total. The number of hydrogen-bond donors (Lipinski definition) is 0. The molecule has 1 heterocycles. The molecule has 0 atom stereocenters. The zero-order chi connectivity index (χ0) is 21.2. The molecule has 29 heavy (non-hydrogen) atoms. The Bertz CT molecular complexity index is 475. The van der Waals surface area contributed by atoms with E-state index in [1.807, 2.05) is 0 Å². The second-order valence-electron chi connectivity index (χ2n) is 9.46. The minimum atomic E-state index is 0.573. The van der Waals surface area contributed by atoms with Crippen LogP contribution in [0.3, 0.4) is 0 Å². The van der Waals surface area contributed by atoms with Crippen molar-refractivity contribution in [2.75, 3.05) is 0 Å². The fourth-order valence-electron chi connectivity index (χ4n) is 4.43. The molecule has 1 rings (SSSR count). The maximum atomic E-state index is 2.55. The topological polar surface area (TPSA) is 8.81 Å². The van der Waals surface area contributed by atoms with E-state index in [1.165, 1.54) is 122 Å². The lowest BCUT2D eigenvalue weighted by atomic mass is 10.0. The van der Waals surface area contributed by atoms with E-state index >= 15 is 0 Å². The fourth-order valence-corrected chi connectivity index (χ4v) is 4.43. The van der Waals surface area contributed by atoms with Crippen molar-refractivity contribution in [1.82, 2.24) is 4.57 Å². The van der Waals surface area contributed by atoms with Gasteiger partial charge in [-0.2, -0.15) is 0 Å². The van der Waals surface area contributed by atoms with E-state index in [9.17, 15) is 0 Å². The van der Waals surface area contributed by atoms with Crippen molar-refractivity contribution in [1.29, 1.82) is 0 Å². The van der Waals surface area contributed by atoms with Crippen molar-refractivity contribution in [3.63, 3.8) is 0 Å². The Morgan fingerprint density at radius 3 is 1.59 bits per heavy atom. The van der Waals surface area contributed by atoms with Gasteiger partial charge in [0, 0.05) is 6.42 Å². The smallest absolute Gasteiger partial charge is 0.234 e. The SMILES string of the molecule is CCCCCCCCCCCCCCC[n+]1ccn(C(C)C)c1CCCCCC. The summed E-state index contributed by atoms with van der Waals surface area (Å²) in [6.07, 6.45) is 29.9. The van der Waals surface area contributed by atoms with E-state index in [4.69, 9.17) is 0 Å². The number of unbranched alkanes of at least 4 members (excludes halogenated alkanes) is 15. The second-order valence-corrected chi connectivity index (χ2v) is 9.46. The largest absolute Gasteiger partial charge is 0.256 e. The molecule has 1 aromatic heterocycles. The molecule has 2 heteroatoms. The number of aryl methyl sites for hydroxylation is 1. The molecule has 0 bridgehead atoms. The van der Waals surface area contributed by atoms with Crippen LogP contribution in [-0.2, 0) is 13.0 Å². The standard InChI is InChI=1S/C27H53N2/c1-5-7-9-11-12-13-14-15-16-17-18-19-21-23-28-24-25-29(26(3)4)27(28)22-20-10-8-6-2/h24-26H,5-23H2,1-4H3/q+1. The average molecular weight is 406 g/mol. The Hall–Kier alpha value is -0.790. The van der Waals surface area contributed by atoms with E-state index in [0.717, 1.165) is 0 Å². The average Bonchev–Trinajstić information content (AvgIpc) is 3.12. The van der Waals surface area contributed by atoms with Crippen LogP contribution in [0.1, 0.15) is 149 Å². The highest BCUT2D eigenvalue weighted by Crippen LogP contribution is 2.14. The minimum Gasteiger partial charge on any atom is -0.234 e. The van der Waals surface area contributed by atoms with Gasteiger partial charge in [-0.25, -0.2) is 9.13 Å². The van der Waals surface area contributed by atoms with Gasteiger partial charge in [-0.15, -0.1) is 0 Å². The highest BCUT2D eigenvalue weighted by Gasteiger charge is 2.18. The predicted molar refractivity (Wildman–Crippen MR) is 129 cm³/mol. The van der Waals surface area contributed by atoms with Gasteiger partial charge in [0.1, 0.15) is 12.4 Å². The summed E-state index contributed by atoms with van der Waals surface area (Å²) in [6.45, 7) is 10.4. The zero-order valence-electron chi connectivity index (χ0n) is 20.6. The van der Waals surface area contributed by atoms with Crippen LogP contribution in [0.5, 0.6) is 0 Å². The zero-order valence-corrected chi connectivity index (χ0v) is 20.6. The molecule has 0 aliphatic rings. The molecule has 0 aliphatic heterocycles. The lowest BCUT2D eigenvalue weighted by Gasteiger charge is -2.08. The van der Waals surface area contributed by atoms with Gasteiger partial charge in [-0.3, -0.25) is 0 Å². The van der Waals surface area contributed by atoms with Crippen LogP contribution < -0.4 is 4.57 Å². The Morgan fingerprint density at radius 1 is 0.655 bits per heavy atom. The van der Waals surface area contributed by atoms with E-state index in [-0.39, 0.29) is 0 Å². The van der Waals surface area contributed by atoms with Crippen molar-refractivity contribution in [2.24, 2.45) is 0 Å². The third-order valence-corrected chi connectivity index (χ3v) is 6.35. The molecule has 1 aromatic rings. The van der Waals surface area contributed by atoms with Gasteiger partial charge >= 0.3 is 0 Å². The van der Waals surface area contributed by atoms with E-state index in [1.54, 1.807) is 5.82 Å². The summed E-state index contributed by atoms with van der Waals surface area (Å²) in [7, 11) is 0. The van der Waals surface area contributed by atoms with E-state index in [0.29, 0.717) is 6.04 Å². The van der Waals surface area contributed by atoms with E-state index < -0.39 is 0 Å². The second kappa shape index (κ2) is 18.0. The van der Waals surface area contributed by atoms with Crippen molar-refractivity contribution in [3.05, 3.63) is 18.2 Å². The highest BCUT2D eigenvalue weighted by atomic mass is 15.2.